The van der Waals surface area contributed by atoms with Crippen molar-refractivity contribution < 1.29 is 4.79 Å². The number of hydrogen-bond acceptors (Lipinski definition) is 5. The number of aryl methyl sites for hydroxylation is 1. The van der Waals surface area contributed by atoms with Crippen molar-refractivity contribution in [3.63, 3.8) is 0 Å². The first-order valence-corrected chi connectivity index (χ1v) is 11.5. The van der Waals surface area contributed by atoms with Crippen molar-refractivity contribution in [2.45, 2.75) is 51.0 Å². The number of carbonyl (C=O) groups excluding carboxylic acids is 1. The number of nitrogens with zero attached hydrogens (tertiary/aromatic N) is 3. The first-order chi connectivity index (χ1) is 14.8. The van der Waals surface area contributed by atoms with Crippen LogP contribution in [0.4, 0.5) is 5.82 Å². The minimum absolute atomic E-state index is 0. The molecule has 2 fully saturated rings. The number of anilines is 1. The first-order valence-electron chi connectivity index (χ1n) is 11.5. The molecule has 6 nitrogen and oxygen atoms in total. The fourth-order valence-electron chi connectivity index (χ4n) is 5.04. The van der Waals surface area contributed by atoms with Gasteiger partial charge in [-0.25, -0.2) is 9.97 Å². The predicted octanol–water partition coefficient (Wildman–Crippen LogP) is 3.56. The summed E-state index contributed by atoms with van der Waals surface area (Å²) in [5.41, 5.74) is 3.61. The zero-order chi connectivity index (χ0) is 20.3. The normalized spacial score (nSPS) is 20.6. The number of rotatable bonds is 4. The number of piperidine rings is 2. The van der Waals surface area contributed by atoms with Gasteiger partial charge in [-0.15, -0.1) is 24.8 Å². The Morgan fingerprint density at radius 3 is 2.50 bits per heavy atom. The lowest BCUT2D eigenvalue weighted by Gasteiger charge is -2.34. The lowest BCUT2D eigenvalue weighted by Crippen LogP contribution is -2.49. The van der Waals surface area contributed by atoms with E-state index in [1.54, 1.807) is 0 Å². The van der Waals surface area contributed by atoms with Crippen LogP contribution >= 0.6 is 24.8 Å². The van der Waals surface area contributed by atoms with Crippen LogP contribution in [0.5, 0.6) is 0 Å². The van der Waals surface area contributed by atoms with E-state index in [1.807, 2.05) is 18.2 Å². The van der Waals surface area contributed by atoms with E-state index in [-0.39, 0.29) is 36.6 Å². The second kappa shape index (κ2) is 11.3. The quantitative estimate of drug-likeness (QED) is 0.704. The third-order valence-corrected chi connectivity index (χ3v) is 6.75. The molecular weight excluding hydrogens is 445 g/mol. The molecule has 0 bridgehead atoms. The maximum atomic E-state index is 12.8. The maximum Gasteiger partial charge on any atom is 0.223 e. The highest BCUT2D eigenvalue weighted by atomic mass is 35.5. The zero-order valence-electron chi connectivity index (χ0n) is 18.4. The molecule has 8 heteroatoms. The fourth-order valence-corrected chi connectivity index (χ4v) is 5.04. The molecule has 0 radical (unpaired) electrons. The molecule has 1 aromatic carbocycles. The molecule has 1 unspecified atom stereocenters. The number of halogens is 2. The van der Waals surface area contributed by atoms with E-state index < -0.39 is 0 Å². The van der Waals surface area contributed by atoms with E-state index in [9.17, 15) is 4.79 Å². The second-order valence-electron chi connectivity index (χ2n) is 8.83. The molecule has 0 saturated carbocycles. The summed E-state index contributed by atoms with van der Waals surface area (Å²) >= 11 is 0. The van der Waals surface area contributed by atoms with E-state index in [4.69, 9.17) is 9.97 Å². The number of benzene rings is 1. The summed E-state index contributed by atoms with van der Waals surface area (Å²) < 4.78 is 0. The van der Waals surface area contributed by atoms with Gasteiger partial charge in [0.25, 0.3) is 0 Å². The van der Waals surface area contributed by atoms with Crippen molar-refractivity contribution in [3.05, 3.63) is 41.6 Å². The number of aromatic nitrogens is 2. The van der Waals surface area contributed by atoms with E-state index in [2.05, 4.69) is 27.7 Å². The monoisotopic (exact) mass is 477 g/mol. The van der Waals surface area contributed by atoms with Gasteiger partial charge in [0.15, 0.2) is 5.82 Å². The third-order valence-electron chi connectivity index (χ3n) is 6.75. The van der Waals surface area contributed by atoms with Crippen LogP contribution in [0.15, 0.2) is 30.3 Å². The van der Waals surface area contributed by atoms with E-state index >= 15 is 0 Å². The first kappa shape index (κ1) is 24.7. The van der Waals surface area contributed by atoms with E-state index in [0.717, 1.165) is 88.3 Å². The SMILES string of the molecule is Cl.Cl.O=C(NC1CCCNC1)C1CCN(c2nc(-c3ccccc3)nc3c2CCC3)CC1. The van der Waals surface area contributed by atoms with Crippen molar-refractivity contribution in [1.29, 1.82) is 0 Å². The molecule has 1 amide bonds. The second-order valence-corrected chi connectivity index (χ2v) is 8.83. The smallest absolute Gasteiger partial charge is 0.223 e. The molecule has 1 aliphatic carbocycles. The minimum Gasteiger partial charge on any atom is -0.356 e. The molecular formula is C24H33Cl2N5O. The largest absolute Gasteiger partial charge is 0.356 e. The Hall–Kier alpha value is -1.89. The Morgan fingerprint density at radius 2 is 1.78 bits per heavy atom. The van der Waals surface area contributed by atoms with Gasteiger partial charge in [0, 0.05) is 48.4 Å². The van der Waals surface area contributed by atoms with Crippen molar-refractivity contribution in [1.82, 2.24) is 20.6 Å². The van der Waals surface area contributed by atoms with Crippen LogP contribution in [0.25, 0.3) is 11.4 Å². The van der Waals surface area contributed by atoms with E-state index in [0.29, 0.717) is 6.04 Å². The molecule has 174 valence electrons. The lowest BCUT2D eigenvalue weighted by molar-refractivity contribution is -0.126. The van der Waals surface area contributed by atoms with Crippen molar-refractivity contribution in [3.8, 4) is 11.4 Å². The number of amides is 1. The highest BCUT2D eigenvalue weighted by Crippen LogP contribution is 2.33. The lowest BCUT2D eigenvalue weighted by atomic mass is 9.94. The molecule has 1 aromatic heterocycles. The summed E-state index contributed by atoms with van der Waals surface area (Å²) in [6, 6.07) is 10.6. The predicted molar refractivity (Wildman–Crippen MR) is 133 cm³/mol. The Morgan fingerprint density at radius 1 is 1.00 bits per heavy atom. The average molecular weight is 478 g/mol. The van der Waals surface area contributed by atoms with Gasteiger partial charge in [0.05, 0.1) is 0 Å². The standard InChI is InChI=1S/C24H31N5O.2ClH/c30-24(26-19-8-5-13-25-16-19)18-11-14-29(15-12-18)23-20-9-4-10-21(20)27-22(28-23)17-6-2-1-3-7-17;;/h1-3,6-7,18-19,25H,4-5,8-16H2,(H,26,30);2*1H. The molecule has 2 aromatic rings. The average Bonchev–Trinajstić information content (AvgIpc) is 3.29. The van der Waals surface area contributed by atoms with Gasteiger partial charge in [-0.1, -0.05) is 30.3 Å². The Labute approximate surface area is 202 Å². The van der Waals surface area contributed by atoms with Crippen molar-refractivity contribution >= 4 is 36.5 Å². The molecule has 2 N–H and O–H groups in total. The Kier molecular flexibility index (Phi) is 8.74. The van der Waals surface area contributed by atoms with Crippen molar-refractivity contribution in [2.75, 3.05) is 31.1 Å². The number of hydrogen-bond donors (Lipinski definition) is 2. The van der Waals surface area contributed by atoms with Crippen molar-refractivity contribution in [2.24, 2.45) is 5.92 Å². The topological polar surface area (TPSA) is 70.2 Å². The van der Waals surface area contributed by atoms with Gasteiger partial charge < -0.3 is 15.5 Å². The van der Waals surface area contributed by atoms with Crippen LogP contribution in [0.2, 0.25) is 0 Å². The molecule has 5 rings (SSSR count). The Bertz CT molecular complexity index is 897. The van der Waals surface area contributed by atoms with Crippen LogP contribution in [-0.4, -0.2) is 48.1 Å². The summed E-state index contributed by atoms with van der Waals surface area (Å²) in [6.45, 7) is 3.75. The van der Waals surface area contributed by atoms with Crippen LogP contribution in [0.3, 0.4) is 0 Å². The molecule has 2 aliphatic heterocycles. The third kappa shape index (κ3) is 5.36. The maximum absolute atomic E-state index is 12.8. The summed E-state index contributed by atoms with van der Waals surface area (Å²) in [4.78, 5) is 25.0. The van der Waals surface area contributed by atoms with Crippen LogP contribution in [-0.2, 0) is 17.6 Å². The highest BCUT2D eigenvalue weighted by Gasteiger charge is 2.30. The summed E-state index contributed by atoms with van der Waals surface area (Å²) in [5.74, 6) is 2.29. The highest BCUT2D eigenvalue weighted by molar-refractivity contribution is 5.85. The summed E-state index contributed by atoms with van der Waals surface area (Å²) in [6.07, 6.45) is 7.28. The number of nitrogens with one attached hydrogen (secondary N) is 2. The minimum atomic E-state index is 0. The Balaban J connectivity index is 0.00000144. The molecule has 0 spiro atoms. The zero-order valence-corrected chi connectivity index (χ0v) is 20.0. The van der Waals surface area contributed by atoms with E-state index in [1.165, 1.54) is 11.3 Å². The molecule has 32 heavy (non-hydrogen) atoms. The van der Waals surface area contributed by atoms with Crippen LogP contribution < -0.4 is 15.5 Å². The summed E-state index contributed by atoms with van der Waals surface area (Å²) in [5, 5.41) is 6.65. The molecule has 2 saturated heterocycles. The van der Waals surface area contributed by atoms with Gasteiger partial charge in [0.2, 0.25) is 5.91 Å². The van der Waals surface area contributed by atoms with Gasteiger partial charge in [0.1, 0.15) is 5.82 Å². The van der Waals surface area contributed by atoms with Gasteiger partial charge in [-0.2, -0.15) is 0 Å². The molecule has 3 aliphatic rings. The fraction of sp³-hybridized carbons (Fsp3) is 0.542. The van der Waals surface area contributed by atoms with Gasteiger partial charge in [-0.3, -0.25) is 4.79 Å². The van der Waals surface area contributed by atoms with Crippen LogP contribution in [0.1, 0.15) is 43.4 Å². The van der Waals surface area contributed by atoms with Crippen LogP contribution in [0, 0.1) is 5.92 Å². The molecule has 3 heterocycles. The number of carbonyl (C=O) groups is 1. The van der Waals surface area contributed by atoms with Gasteiger partial charge in [-0.05, 0) is 51.5 Å². The number of fused-ring (bicyclic) bond motifs is 1. The molecule has 1 atom stereocenters. The van der Waals surface area contributed by atoms with Gasteiger partial charge >= 0.3 is 0 Å². The summed E-state index contributed by atoms with van der Waals surface area (Å²) in [7, 11) is 0.